The Balaban J connectivity index is 1.97. The highest BCUT2D eigenvalue weighted by atomic mass is 32.2. The molecular weight excluding hydrogens is 266 g/mol. The lowest BCUT2D eigenvalue weighted by Crippen LogP contribution is -2.28. The van der Waals surface area contributed by atoms with E-state index in [-0.39, 0.29) is 17.5 Å². The van der Waals surface area contributed by atoms with Crippen molar-refractivity contribution in [3.63, 3.8) is 0 Å². The van der Waals surface area contributed by atoms with Crippen molar-refractivity contribution in [3.05, 3.63) is 24.0 Å². The first-order valence-electron chi connectivity index (χ1n) is 6.38. The van der Waals surface area contributed by atoms with E-state index in [1.54, 1.807) is 6.07 Å². The lowest BCUT2D eigenvalue weighted by Gasteiger charge is -2.12. The van der Waals surface area contributed by atoms with E-state index in [0.29, 0.717) is 18.7 Å². The van der Waals surface area contributed by atoms with Gasteiger partial charge in [-0.05, 0) is 31.4 Å². The standard InChI is InChI=1S/C12H19N3O3S/c13-9-11-12(4-1-6-14-11)19(16,17)15-7-5-10-3-2-8-18-10/h1,4,6,10,15H,2-3,5,7-9,13H2. The first kappa shape index (κ1) is 14.4. The molecule has 7 heteroatoms. The van der Waals surface area contributed by atoms with Crippen LogP contribution in [0.4, 0.5) is 0 Å². The molecule has 1 aromatic heterocycles. The smallest absolute Gasteiger partial charge is 0.242 e. The summed E-state index contributed by atoms with van der Waals surface area (Å²) >= 11 is 0. The number of nitrogens with one attached hydrogen (secondary N) is 1. The van der Waals surface area contributed by atoms with Crippen LogP contribution in [0, 0.1) is 0 Å². The average molecular weight is 285 g/mol. The third kappa shape index (κ3) is 3.73. The molecule has 1 unspecified atom stereocenters. The van der Waals surface area contributed by atoms with Crippen molar-refractivity contribution in [1.29, 1.82) is 0 Å². The van der Waals surface area contributed by atoms with Gasteiger partial charge in [-0.25, -0.2) is 13.1 Å². The summed E-state index contributed by atoms with van der Waals surface area (Å²) in [6, 6.07) is 3.11. The molecule has 0 spiro atoms. The van der Waals surface area contributed by atoms with Gasteiger partial charge in [-0.15, -0.1) is 0 Å². The van der Waals surface area contributed by atoms with Crippen LogP contribution in [0.3, 0.4) is 0 Å². The van der Waals surface area contributed by atoms with Crippen molar-refractivity contribution >= 4 is 10.0 Å². The minimum absolute atomic E-state index is 0.100. The van der Waals surface area contributed by atoms with Gasteiger partial charge >= 0.3 is 0 Å². The van der Waals surface area contributed by atoms with Crippen LogP contribution in [0.2, 0.25) is 0 Å². The number of aromatic nitrogens is 1. The molecule has 0 saturated carbocycles. The molecule has 0 aliphatic carbocycles. The lowest BCUT2D eigenvalue weighted by molar-refractivity contribution is 0.105. The van der Waals surface area contributed by atoms with Crippen molar-refractivity contribution in [2.75, 3.05) is 13.2 Å². The van der Waals surface area contributed by atoms with E-state index < -0.39 is 10.0 Å². The Kier molecular flexibility index (Phi) is 4.87. The third-order valence-electron chi connectivity index (χ3n) is 3.11. The zero-order valence-electron chi connectivity index (χ0n) is 10.7. The summed E-state index contributed by atoms with van der Waals surface area (Å²) < 4.78 is 32.3. The van der Waals surface area contributed by atoms with Crippen LogP contribution in [0.1, 0.15) is 25.0 Å². The topological polar surface area (TPSA) is 94.3 Å². The Bertz CT molecular complexity index is 513. The fraction of sp³-hybridized carbons (Fsp3) is 0.583. The van der Waals surface area contributed by atoms with Gasteiger partial charge in [-0.3, -0.25) is 4.98 Å². The summed E-state index contributed by atoms with van der Waals surface area (Å²) in [4.78, 5) is 4.14. The normalized spacial score (nSPS) is 19.7. The van der Waals surface area contributed by atoms with E-state index in [1.807, 2.05) is 0 Å². The molecular formula is C12H19N3O3S. The molecule has 3 N–H and O–H groups in total. The van der Waals surface area contributed by atoms with E-state index >= 15 is 0 Å². The minimum Gasteiger partial charge on any atom is -0.378 e. The summed E-state index contributed by atoms with van der Waals surface area (Å²) in [5.41, 5.74) is 5.88. The Hall–Kier alpha value is -1.02. The number of sulfonamides is 1. The maximum absolute atomic E-state index is 12.1. The fourth-order valence-corrected chi connectivity index (χ4v) is 3.37. The molecule has 0 amide bonds. The maximum Gasteiger partial charge on any atom is 0.242 e. The van der Waals surface area contributed by atoms with Crippen LogP contribution in [-0.2, 0) is 21.3 Å². The van der Waals surface area contributed by atoms with Crippen molar-refractivity contribution < 1.29 is 13.2 Å². The molecule has 1 aromatic rings. The summed E-state index contributed by atoms with van der Waals surface area (Å²) in [6.07, 6.45) is 4.45. The van der Waals surface area contributed by atoms with Crippen molar-refractivity contribution in [1.82, 2.24) is 9.71 Å². The molecule has 0 bridgehead atoms. The SMILES string of the molecule is NCc1ncccc1S(=O)(=O)NCCC1CCCO1. The van der Waals surface area contributed by atoms with Gasteiger partial charge in [-0.2, -0.15) is 0 Å². The predicted molar refractivity (Wildman–Crippen MR) is 70.9 cm³/mol. The van der Waals surface area contributed by atoms with E-state index in [4.69, 9.17) is 10.5 Å². The Morgan fingerprint density at radius 3 is 3.05 bits per heavy atom. The highest BCUT2D eigenvalue weighted by Crippen LogP contribution is 2.16. The molecule has 19 heavy (non-hydrogen) atoms. The van der Waals surface area contributed by atoms with Crippen molar-refractivity contribution in [2.24, 2.45) is 5.73 Å². The predicted octanol–water partition coefficient (Wildman–Crippen LogP) is 0.388. The Labute approximate surface area is 113 Å². The van der Waals surface area contributed by atoms with Crippen molar-refractivity contribution in [2.45, 2.75) is 36.8 Å². The van der Waals surface area contributed by atoms with Crippen molar-refractivity contribution in [3.8, 4) is 0 Å². The molecule has 0 aromatic carbocycles. The largest absolute Gasteiger partial charge is 0.378 e. The summed E-state index contributed by atoms with van der Waals surface area (Å²) in [5, 5.41) is 0. The number of hydrogen-bond acceptors (Lipinski definition) is 5. The van der Waals surface area contributed by atoms with Gasteiger partial charge in [-0.1, -0.05) is 0 Å². The monoisotopic (exact) mass is 285 g/mol. The molecule has 1 saturated heterocycles. The number of nitrogens with two attached hydrogens (primary N) is 1. The van der Waals surface area contributed by atoms with E-state index in [0.717, 1.165) is 19.4 Å². The van der Waals surface area contributed by atoms with E-state index in [9.17, 15) is 8.42 Å². The van der Waals surface area contributed by atoms with Crippen LogP contribution in [-0.4, -0.2) is 32.7 Å². The van der Waals surface area contributed by atoms with E-state index in [1.165, 1.54) is 12.3 Å². The Morgan fingerprint density at radius 1 is 1.53 bits per heavy atom. The minimum atomic E-state index is -3.54. The number of rotatable bonds is 6. The molecule has 1 fully saturated rings. The highest BCUT2D eigenvalue weighted by Gasteiger charge is 2.20. The quantitative estimate of drug-likeness (QED) is 0.788. The van der Waals surface area contributed by atoms with Gasteiger partial charge in [0.1, 0.15) is 4.90 Å². The number of nitrogens with zero attached hydrogens (tertiary/aromatic N) is 1. The molecule has 0 radical (unpaired) electrons. The number of ether oxygens (including phenoxy) is 1. The zero-order valence-corrected chi connectivity index (χ0v) is 11.5. The molecule has 106 valence electrons. The second-order valence-corrected chi connectivity index (χ2v) is 6.21. The van der Waals surface area contributed by atoms with Crippen LogP contribution < -0.4 is 10.5 Å². The molecule has 1 aliphatic heterocycles. The molecule has 1 aliphatic rings. The number of hydrogen-bond donors (Lipinski definition) is 2. The first-order valence-corrected chi connectivity index (χ1v) is 7.87. The highest BCUT2D eigenvalue weighted by molar-refractivity contribution is 7.89. The average Bonchev–Trinajstić information content (AvgIpc) is 2.91. The summed E-state index contributed by atoms with van der Waals surface area (Å²) in [5.74, 6) is 0. The molecule has 2 rings (SSSR count). The first-order chi connectivity index (χ1) is 9.13. The molecule has 2 heterocycles. The maximum atomic E-state index is 12.1. The van der Waals surface area contributed by atoms with Crippen LogP contribution in [0.25, 0.3) is 0 Å². The van der Waals surface area contributed by atoms with Crippen LogP contribution in [0.5, 0.6) is 0 Å². The summed E-state index contributed by atoms with van der Waals surface area (Å²) in [6.45, 7) is 1.24. The van der Waals surface area contributed by atoms with Gasteiger partial charge in [0, 0.05) is 25.9 Å². The fourth-order valence-electron chi connectivity index (χ4n) is 2.13. The van der Waals surface area contributed by atoms with Gasteiger partial charge in [0.2, 0.25) is 10.0 Å². The van der Waals surface area contributed by atoms with Gasteiger partial charge in [0.25, 0.3) is 0 Å². The van der Waals surface area contributed by atoms with E-state index in [2.05, 4.69) is 9.71 Å². The van der Waals surface area contributed by atoms with Gasteiger partial charge in [0.05, 0.1) is 11.8 Å². The Morgan fingerprint density at radius 2 is 2.37 bits per heavy atom. The van der Waals surface area contributed by atoms with Crippen LogP contribution in [0.15, 0.2) is 23.2 Å². The van der Waals surface area contributed by atoms with Crippen LogP contribution >= 0.6 is 0 Å². The molecule has 1 atom stereocenters. The zero-order chi connectivity index (χ0) is 13.7. The van der Waals surface area contributed by atoms with Gasteiger partial charge < -0.3 is 10.5 Å². The van der Waals surface area contributed by atoms with Gasteiger partial charge in [0.15, 0.2) is 0 Å². The third-order valence-corrected chi connectivity index (χ3v) is 4.65. The number of pyridine rings is 1. The second-order valence-electron chi connectivity index (χ2n) is 4.47. The summed E-state index contributed by atoms with van der Waals surface area (Å²) in [7, 11) is -3.54. The molecule has 6 nitrogen and oxygen atoms in total. The lowest BCUT2D eigenvalue weighted by atomic mass is 10.2. The second kappa shape index (κ2) is 6.42.